The zero-order valence-corrected chi connectivity index (χ0v) is 14.6. The number of benzene rings is 2. The number of carbonyl (C=O) groups excluding carboxylic acids is 2. The molecule has 6 heteroatoms. The van der Waals surface area contributed by atoms with Crippen molar-refractivity contribution < 1.29 is 29.3 Å². The van der Waals surface area contributed by atoms with Crippen molar-refractivity contribution in [3.8, 4) is 11.1 Å². The van der Waals surface area contributed by atoms with Crippen LogP contribution in [0.15, 0.2) is 54.6 Å². The van der Waals surface area contributed by atoms with Crippen LogP contribution in [-0.4, -0.2) is 40.1 Å². The fourth-order valence-corrected chi connectivity index (χ4v) is 3.53. The Morgan fingerprint density at radius 2 is 1.70 bits per heavy atom. The van der Waals surface area contributed by atoms with Crippen LogP contribution in [0.1, 0.15) is 29.6 Å². The molecule has 0 unspecified atom stereocenters. The third-order valence-electron chi connectivity index (χ3n) is 4.97. The molecule has 3 atom stereocenters. The molecule has 2 N–H and O–H groups in total. The third-order valence-corrected chi connectivity index (χ3v) is 4.97. The van der Waals surface area contributed by atoms with Crippen LogP contribution in [0.5, 0.6) is 0 Å². The number of rotatable bonds is 6. The number of ether oxygens (including phenoxy) is 1. The molecule has 3 rings (SSSR count). The maximum absolute atomic E-state index is 12.4. The Bertz CT molecular complexity index is 830. The number of esters is 1. The summed E-state index contributed by atoms with van der Waals surface area (Å²) in [6, 6.07) is 16.6. The number of aliphatic carboxylic acids is 1. The molecule has 0 radical (unpaired) electrons. The Kier molecular flexibility index (Phi) is 5.37. The van der Waals surface area contributed by atoms with Crippen molar-refractivity contribution in [1.29, 1.82) is 0 Å². The molecule has 6 nitrogen and oxygen atoms in total. The maximum atomic E-state index is 12.4. The van der Waals surface area contributed by atoms with Gasteiger partial charge in [0.15, 0.2) is 0 Å². The highest BCUT2D eigenvalue weighted by Gasteiger charge is 2.50. The molecule has 0 aromatic heterocycles. The van der Waals surface area contributed by atoms with Crippen molar-refractivity contribution in [3.63, 3.8) is 0 Å². The van der Waals surface area contributed by atoms with Crippen molar-refractivity contribution >= 4 is 18.2 Å². The Labute approximate surface area is 156 Å². The van der Waals surface area contributed by atoms with Gasteiger partial charge >= 0.3 is 11.9 Å². The molecule has 2 aromatic rings. The fourth-order valence-electron chi connectivity index (χ4n) is 3.53. The van der Waals surface area contributed by atoms with E-state index in [0.717, 1.165) is 11.1 Å². The van der Waals surface area contributed by atoms with E-state index in [1.165, 1.54) is 0 Å². The van der Waals surface area contributed by atoms with E-state index in [1.54, 1.807) is 24.3 Å². The Balaban J connectivity index is 1.70. The lowest BCUT2D eigenvalue weighted by Gasteiger charge is -2.26. The lowest BCUT2D eigenvalue weighted by atomic mass is 9.88. The zero-order valence-electron chi connectivity index (χ0n) is 14.6. The van der Waals surface area contributed by atoms with Crippen molar-refractivity contribution in [2.75, 3.05) is 0 Å². The third kappa shape index (κ3) is 4.06. The predicted molar refractivity (Wildman–Crippen MR) is 97.1 cm³/mol. The quantitative estimate of drug-likeness (QED) is 0.601. The van der Waals surface area contributed by atoms with Crippen molar-refractivity contribution in [3.05, 3.63) is 60.2 Å². The van der Waals surface area contributed by atoms with E-state index in [9.17, 15) is 19.5 Å². The second-order valence-electron chi connectivity index (χ2n) is 6.76. The average Bonchev–Trinajstić information content (AvgIpc) is 2.96. The molecule has 1 aliphatic rings. The number of aldehydes is 1. The number of carboxylic acids is 1. The molecule has 0 saturated heterocycles. The molecule has 1 saturated carbocycles. The van der Waals surface area contributed by atoms with Crippen molar-refractivity contribution in [2.24, 2.45) is 5.92 Å². The van der Waals surface area contributed by atoms with Crippen LogP contribution in [0, 0.1) is 5.92 Å². The first kappa shape index (κ1) is 18.8. The first-order valence-corrected chi connectivity index (χ1v) is 8.69. The molecule has 1 fully saturated rings. The number of aliphatic hydroxyl groups is 1. The van der Waals surface area contributed by atoms with Gasteiger partial charge in [-0.25, -0.2) is 4.79 Å². The van der Waals surface area contributed by atoms with E-state index in [0.29, 0.717) is 11.8 Å². The van der Waals surface area contributed by atoms with Gasteiger partial charge in [-0.15, -0.1) is 0 Å². The number of carboxylic acid groups (broad SMARTS) is 1. The van der Waals surface area contributed by atoms with Crippen LogP contribution < -0.4 is 0 Å². The molecule has 0 heterocycles. The summed E-state index contributed by atoms with van der Waals surface area (Å²) < 4.78 is 5.40. The minimum Gasteiger partial charge on any atom is -0.481 e. The topological polar surface area (TPSA) is 101 Å². The summed E-state index contributed by atoms with van der Waals surface area (Å²) >= 11 is 0. The zero-order chi connectivity index (χ0) is 19.4. The number of hydrogen-bond acceptors (Lipinski definition) is 5. The highest BCUT2D eigenvalue weighted by Crippen LogP contribution is 2.39. The molecular weight excluding hydrogens is 348 g/mol. The fraction of sp³-hybridized carbons (Fsp3) is 0.286. The van der Waals surface area contributed by atoms with E-state index in [-0.39, 0.29) is 12.8 Å². The molecule has 0 aliphatic heterocycles. The molecule has 0 spiro atoms. The maximum Gasteiger partial charge on any atom is 0.338 e. The van der Waals surface area contributed by atoms with Crippen molar-refractivity contribution in [2.45, 2.75) is 31.0 Å². The van der Waals surface area contributed by atoms with Gasteiger partial charge in [-0.2, -0.15) is 0 Å². The molecule has 0 bridgehead atoms. The largest absolute Gasteiger partial charge is 0.481 e. The second kappa shape index (κ2) is 7.72. The van der Waals surface area contributed by atoms with Gasteiger partial charge in [-0.3, -0.25) is 4.79 Å². The summed E-state index contributed by atoms with van der Waals surface area (Å²) in [5.41, 5.74) is 0.617. The summed E-state index contributed by atoms with van der Waals surface area (Å²) in [5, 5.41) is 19.4. The van der Waals surface area contributed by atoms with Gasteiger partial charge in [0, 0.05) is 0 Å². The van der Waals surface area contributed by atoms with Crippen LogP contribution in [0.2, 0.25) is 0 Å². The Hall–Kier alpha value is -2.99. The molecular formula is C21H20O6. The minimum absolute atomic E-state index is 0.0909. The standard InChI is InChI=1S/C21H20O6/c22-13-17-18(10-11-21(17,26)12-19(23)24)27-20(25)16-8-6-15(7-9-16)14-4-2-1-3-5-14/h1-9,13,17-18,26H,10-12H2,(H,23,24)/t17-,18+,21-/m0/s1. The molecule has 140 valence electrons. The lowest BCUT2D eigenvalue weighted by molar-refractivity contribution is -0.145. The molecule has 0 amide bonds. The molecule has 2 aromatic carbocycles. The van der Waals surface area contributed by atoms with Gasteiger partial charge in [0.1, 0.15) is 12.4 Å². The van der Waals surface area contributed by atoms with E-state index in [2.05, 4.69) is 0 Å². The van der Waals surface area contributed by atoms with Crippen LogP contribution in [0.3, 0.4) is 0 Å². The smallest absolute Gasteiger partial charge is 0.338 e. The summed E-state index contributed by atoms with van der Waals surface area (Å²) in [4.78, 5) is 34.7. The first-order chi connectivity index (χ1) is 12.9. The molecule has 27 heavy (non-hydrogen) atoms. The van der Waals surface area contributed by atoms with Crippen molar-refractivity contribution in [1.82, 2.24) is 0 Å². The van der Waals surface area contributed by atoms with Gasteiger partial charge in [0.25, 0.3) is 0 Å². The van der Waals surface area contributed by atoms with E-state index < -0.39 is 36.0 Å². The van der Waals surface area contributed by atoms with Gasteiger partial charge in [0.2, 0.25) is 0 Å². The number of carbonyl (C=O) groups is 3. The van der Waals surface area contributed by atoms with Gasteiger partial charge < -0.3 is 19.7 Å². The van der Waals surface area contributed by atoms with Gasteiger partial charge in [-0.05, 0) is 36.1 Å². The Morgan fingerprint density at radius 1 is 1.07 bits per heavy atom. The normalized spacial score (nSPS) is 24.3. The summed E-state index contributed by atoms with van der Waals surface area (Å²) in [5.74, 6) is -2.86. The highest BCUT2D eigenvalue weighted by molar-refractivity contribution is 5.90. The first-order valence-electron chi connectivity index (χ1n) is 8.69. The molecule has 1 aliphatic carbocycles. The van der Waals surface area contributed by atoms with E-state index in [1.807, 2.05) is 30.3 Å². The van der Waals surface area contributed by atoms with Crippen LogP contribution in [0.25, 0.3) is 11.1 Å². The summed E-state index contributed by atoms with van der Waals surface area (Å²) in [6.45, 7) is 0. The summed E-state index contributed by atoms with van der Waals surface area (Å²) in [7, 11) is 0. The Morgan fingerprint density at radius 3 is 2.30 bits per heavy atom. The van der Waals surface area contributed by atoms with Gasteiger partial charge in [0.05, 0.1) is 23.5 Å². The number of hydrogen-bond donors (Lipinski definition) is 2. The average molecular weight is 368 g/mol. The van der Waals surface area contributed by atoms with E-state index in [4.69, 9.17) is 9.84 Å². The monoisotopic (exact) mass is 368 g/mol. The van der Waals surface area contributed by atoms with Crippen LogP contribution >= 0.6 is 0 Å². The highest BCUT2D eigenvalue weighted by atomic mass is 16.5. The lowest BCUT2D eigenvalue weighted by Crippen LogP contribution is -2.41. The van der Waals surface area contributed by atoms with E-state index >= 15 is 0 Å². The van der Waals surface area contributed by atoms with Gasteiger partial charge in [-0.1, -0.05) is 42.5 Å². The SMILES string of the molecule is O=C[C@H]1[C@H](OC(=O)c2ccc(-c3ccccc3)cc2)CC[C@]1(O)CC(=O)O. The summed E-state index contributed by atoms with van der Waals surface area (Å²) in [6.07, 6.45) is -0.592. The second-order valence-corrected chi connectivity index (χ2v) is 6.76. The van der Waals surface area contributed by atoms with Crippen LogP contribution in [-0.2, 0) is 14.3 Å². The minimum atomic E-state index is -1.68. The predicted octanol–water partition coefficient (Wildman–Crippen LogP) is 2.69. The van der Waals surface area contributed by atoms with Crippen LogP contribution in [0.4, 0.5) is 0 Å².